The number of aromatic amines is 1. The molecule has 0 fully saturated rings. The Labute approximate surface area is 157 Å². The van der Waals surface area contributed by atoms with Gasteiger partial charge in [0.15, 0.2) is 0 Å². The van der Waals surface area contributed by atoms with Gasteiger partial charge in [0.2, 0.25) is 0 Å². The molecular formula is C23H20FN3. The molecule has 0 bridgehead atoms. The van der Waals surface area contributed by atoms with Crippen molar-refractivity contribution in [1.82, 2.24) is 14.9 Å². The molecule has 3 nitrogen and oxygen atoms in total. The summed E-state index contributed by atoms with van der Waals surface area (Å²) in [6.45, 7) is 2.81. The second kappa shape index (κ2) is 6.63. The van der Waals surface area contributed by atoms with Crippen LogP contribution in [0, 0.1) is 5.82 Å². The molecule has 4 aromatic rings. The molecule has 27 heavy (non-hydrogen) atoms. The van der Waals surface area contributed by atoms with Crippen molar-refractivity contribution in [2.24, 2.45) is 0 Å². The molecule has 0 unspecified atom stereocenters. The highest BCUT2D eigenvalue weighted by atomic mass is 19.1. The summed E-state index contributed by atoms with van der Waals surface area (Å²) in [5, 5.41) is 0. The monoisotopic (exact) mass is 357 g/mol. The Bertz CT molecular complexity index is 1100. The molecule has 0 saturated heterocycles. The molecule has 2 aromatic carbocycles. The van der Waals surface area contributed by atoms with Gasteiger partial charge in [-0.2, -0.15) is 0 Å². The molecule has 4 heteroatoms. The first-order valence-electron chi connectivity index (χ1n) is 9.29. The lowest BCUT2D eigenvalue weighted by atomic mass is 10.1. The van der Waals surface area contributed by atoms with E-state index >= 15 is 0 Å². The fourth-order valence-electron chi connectivity index (χ4n) is 3.92. The quantitative estimate of drug-likeness (QED) is 0.564. The lowest BCUT2D eigenvalue weighted by molar-refractivity contribution is 0.245. The Morgan fingerprint density at radius 3 is 2.63 bits per heavy atom. The average molecular weight is 357 g/mol. The highest BCUT2D eigenvalue weighted by Crippen LogP contribution is 2.30. The lowest BCUT2D eigenvalue weighted by Gasteiger charge is -2.26. The van der Waals surface area contributed by atoms with Crippen molar-refractivity contribution in [3.05, 3.63) is 89.4 Å². The van der Waals surface area contributed by atoms with Gasteiger partial charge in [-0.1, -0.05) is 42.5 Å². The smallest absolute Gasteiger partial charge is 0.132 e. The minimum absolute atomic E-state index is 0.237. The predicted molar refractivity (Wildman–Crippen MR) is 106 cm³/mol. The number of aromatic nitrogens is 2. The highest BCUT2D eigenvalue weighted by Gasteiger charge is 2.22. The van der Waals surface area contributed by atoms with Crippen LogP contribution < -0.4 is 0 Å². The number of hydrogen-bond acceptors (Lipinski definition) is 2. The van der Waals surface area contributed by atoms with Crippen molar-refractivity contribution in [3.63, 3.8) is 0 Å². The zero-order chi connectivity index (χ0) is 18.2. The van der Waals surface area contributed by atoms with Crippen LogP contribution in [0.1, 0.15) is 16.8 Å². The Balaban J connectivity index is 1.50. The van der Waals surface area contributed by atoms with Crippen LogP contribution in [-0.4, -0.2) is 21.4 Å². The maximum absolute atomic E-state index is 14.2. The van der Waals surface area contributed by atoms with Crippen molar-refractivity contribution in [2.75, 3.05) is 6.54 Å². The second-order valence-corrected chi connectivity index (χ2v) is 7.10. The van der Waals surface area contributed by atoms with Crippen LogP contribution in [0.15, 0.2) is 66.7 Å². The molecule has 5 rings (SSSR count). The molecule has 1 N–H and O–H groups in total. The lowest BCUT2D eigenvalue weighted by Crippen LogP contribution is -2.29. The third kappa shape index (κ3) is 3.02. The van der Waals surface area contributed by atoms with Crippen molar-refractivity contribution < 1.29 is 4.39 Å². The van der Waals surface area contributed by atoms with E-state index in [0.29, 0.717) is 11.3 Å². The summed E-state index contributed by atoms with van der Waals surface area (Å²) in [5.74, 6) is -0.237. The van der Waals surface area contributed by atoms with E-state index in [4.69, 9.17) is 4.98 Å². The standard InChI is InChI=1S/C23H20FN3/c24-19-9-5-4-8-17(19)20-10-11-22-23(26-20)18-15-27(13-12-21(18)25-22)14-16-6-2-1-3-7-16/h1-11,25H,12-15H2. The highest BCUT2D eigenvalue weighted by molar-refractivity contribution is 5.83. The third-order valence-corrected chi connectivity index (χ3v) is 5.29. The summed E-state index contributed by atoms with van der Waals surface area (Å²) >= 11 is 0. The minimum atomic E-state index is -0.237. The van der Waals surface area contributed by atoms with E-state index in [1.807, 2.05) is 24.3 Å². The number of halogens is 1. The number of hydrogen-bond donors (Lipinski definition) is 1. The van der Waals surface area contributed by atoms with E-state index in [9.17, 15) is 4.39 Å². The largest absolute Gasteiger partial charge is 0.357 e. The second-order valence-electron chi connectivity index (χ2n) is 7.10. The number of benzene rings is 2. The van der Waals surface area contributed by atoms with Gasteiger partial charge in [-0.05, 0) is 29.8 Å². The van der Waals surface area contributed by atoms with Crippen LogP contribution in [0.3, 0.4) is 0 Å². The van der Waals surface area contributed by atoms with E-state index in [1.165, 1.54) is 22.9 Å². The van der Waals surface area contributed by atoms with Crippen LogP contribution in [0.25, 0.3) is 22.3 Å². The third-order valence-electron chi connectivity index (χ3n) is 5.29. The van der Waals surface area contributed by atoms with Crippen LogP contribution >= 0.6 is 0 Å². The normalized spacial score (nSPS) is 14.4. The van der Waals surface area contributed by atoms with Gasteiger partial charge < -0.3 is 4.98 Å². The molecule has 1 aliphatic rings. The van der Waals surface area contributed by atoms with Gasteiger partial charge in [-0.15, -0.1) is 0 Å². The molecule has 0 atom stereocenters. The van der Waals surface area contributed by atoms with Gasteiger partial charge in [0.05, 0.1) is 16.7 Å². The van der Waals surface area contributed by atoms with E-state index in [1.54, 1.807) is 12.1 Å². The van der Waals surface area contributed by atoms with Gasteiger partial charge in [0.25, 0.3) is 0 Å². The van der Waals surface area contributed by atoms with Gasteiger partial charge in [-0.25, -0.2) is 9.37 Å². The zero-order valence-corrected chi connectivity index (χ0v) is 15.0. The summed E-state index contributed by atoms with van der Waals surface area (Å²) in [7, 11) is 0. The maximum atomic E-state index is 14.2. The van der Waals surface area contributed by atoms with Gasteiger partial charge in [0, 0.05) is 42.9 Å². The van der Waals surface area contributed by atoms with Gasteiger partial charge in [0.1, 0.15) is 5.82 Å². The molecule has 0 amide bonds. The van der Waals surface area contributed by atoms with Crippen molar-refractivity contribution in [2.45, 2.75) is 19.5 Å². The molecule has 3 heterocycles. The Morgan fingerprint density at radius 2 is 1.78 bits per heavy atom. The van der Waals surface area contributed by atoms with E-state index in [2.05, 4.69) is 34.1 Å². The Hall–Kier alpha value is -2.98. The van der Waals surface area contributed by atoms with E-state index in [0.717, 1.165) is 37.1 Å². The summed E-state index contributed by atoms with van der Waals surface area (Å²) in [6, 6.07) is 21.3. The Morgan fingerprint density at radius 1 is 0.963 bits per heavy atom. The summed E-state index contributed by atoms with van der Waals surface area (Å²) in [6.07, 6.45) is 0.980. The number of pyridine rings is 1. The first kappa shape index (κ1) is 16.2. The van der Waals surface area contributed by atoms with Crippen LogP contribution in [-0.2, 0) is 19.5 Å². The van der Waals surface area contributed by atoms with E-state index < -0.39 is 0 Å². The average Bonchev–Trinajstić information content (AvgIpc) is 3.06. The number of rotatable bonds is 3. The minimum Gasteiger partial charge on any atom is -0.357 e. The van der Waals surface area contributed by atoms with Crippen molar-refractivity contribution in [1.29, 1.82) is 0 Å². The predicted octanol–water partition coefficient (Wildman–Crippen LogP) is 4.93. The fourth-order valence-corrected chi connectivity index (χ4v) is 3.92. The van der Waals surface area contributed by atoms with Crippen LogP contribution in [0.4, 0.5) is 4.39 Å². The molecule has 0 radical (unpaired) electrons. The first-order chi connectivity index (χ1) is 13.3. The van der Waals surface area contributed by atoms with Gasteiger partial charge >= 0.3 is 0 Å². The number of nitrogens with one attached hydrogen (secondary N) is 1. The molecule has 0 aliphatic carbocycles. The first-order valence-corrected chi connectivity index (χ1v) is 9.29. The number of fused-ring (bicyclic) bond motifs is 3. The SMILES string of the molecule is Fc1ccccc1-c1ccc2[nH]c3c(c2n1)CN(Cc1ccccc1)CC3. The maximum Gasteiger partial charge on any atom is 0.132 e. The molecular weight excluding hydrogens is 337 g/mol. The topological polar surface area (TPSA) is 31.9 Å². The van der Waals surface area contributed by atoms with E-state index in [-0.39, 0.29) is 5.82 Å². The Kier molecular flexibility index (Phi) is 3.98. The summed E-state index contributed by atoms with van der Waals surface area (Å²) in [5.41, 5.74) is 7.04. The number of nitrogens with zero attached hydrogens (tertiary/aromatic N) is 2. The number of H-pyrrole nitrogens is 1. The molecule has 2 aromatic heterocycles. The summed E-state index contributed by atoms with van der Waals surface area (Å²) < 4.78 is 14.2. The summed E-state index contributed by atoms with van der Waals surface area (Å²) in [4.78, 5) is 10.8. The molecule has 0 saturated carbocycles. The van der Waals surface area contributed by atoms with Crippen LogP contribution in [0.2, 0.25) is 0 Å². The molecule has 0 spiro atoms. The van der Waals surface area contributed by atoms with Crippen molar-refractivity contribution >= 4 is 11.0 Å². The van der Waals surface area contributed by atoms with Gasteiger partial charge in [-0.3, -0.25) is 4.90 Å². The molecule has 1 aliphatic heterocycles. The fraction of sp³-hybridized carbons (Fsp3) is 0.174. The van der Waals surface area contributed by atoms with Crippen molar-refractivity contribution in [3.8, 4) is 11.3 Å². The molecule has 134 valence electrons. The zero-order valence-electron chi connectivity index (χ0n) is 15.0. The van der Waals surface area contributed by atoms with Crippen LogP contribution in [0.5, 0.6) is 0 Å².